The lowest BCUT2D eigenvalue weighted by Crippen LogP contribution is -2.36. The molecule has 124 valence electrons. The zero-order valence-electron chi connectivity index (χ0n) is 13.5. The molecule has 0 fully saturated rings. The minimum absolute atomic E-state index is 0.213. The second-order valence-electron chi connectivity index (χ2n) is 4.91. The Morgan fingerprint density at radius 2 is 2.13 bits per heavy atom. The van der Waals surface area contributed by atoms with Gasteiger partial charge in [-0.3, -0.25) is 0 Å². The molecule has 1 N–H and O–H groups in total. The lowest BCUT2D eigenvalue weighted by Gasteiger charge is -2.23. The van der Waals surface area contributed by atoms with Crippen molar-refractivity contribution in [2.24, 2.45) is 0 Å². The minimum Gasteiger partial charge on any atom is -0.492 e. The summed E-state index contributed by atoms with van der Waals surface area (Å²) in [5.41, 5.74) is 1.57. The topological polar surface area (TPSA) is 63.9 Å². The van der Waals surface area contributed by atoms with Crippen molar-refractivity contribution in [1.82, 2.24) is 4.90 Å². The first-order valence-electron chi connectivity index (χ1n) is 7.52. The molecule has 2 aromatic rings. The molecule has 0 atom stereocenters. The van der Waals surface area contributed by atoms with Crippen molar-refractivity contribution in [2.45, 2.75) is 13.5 Å². The fourth-order valence-electron chi connectivity index (χ4n) is 2.10. The molecule has 0 spiro atoms. The molecule has 1 aromatic heterocycles. The molecule has 0 aliphatic heterocycles. The van der Waals surface area contributed by atoms with Gasteiger partial charge in [-0.15, -0.1) is 0 Å². The molecule has 0 unspecified atom stereocenters. The van der Waals surface area contributed by atoms with Crippen LogP contribution >= 0.6 is 0 Å². The number of furan rings is 1. The van der Waals surface area contributed by atoms with Crippen molar-refractivity contribution >= 4 is 11.7 Å². The van der Waals surface area contributed by atoms with Gasteiger partial charge in [-0.1, -0.05) is 12.1 Å². The van der Waals surface area contributed by atoms with Crippen LogP contribution in [0.4, 0.5) is 10.5 Å². The van der Waals surface area contributed by atoms with E-state index >= 15 is 0 Å². The van der Waals surface area contributed by atoms with Crippen LogP contribution in [-0.4, -0.2) is 37.8 Å². The number of hydrogen-bond acceptors (Lipinski definition) is 4. The molecule has 0 aliphatic rings. The molecular formula is C17H22N2O4. The standard InChI is InChI=1S/C17H22N2O4/c1-3-23-16-7-5-4-6-15(16)18-17(20)19(9-11-21-2)12-14-8-10-22-13-14/h4-8,10,13H,3,9,11-12H2,1-2H3,(H,18,20). The van der Waals surface area contributed by atoms with Gasteiger partial charge in [0.15, 0.2) is 0 Å². The summed E-state index contributed by atoms with van der Waals surface area (Å²) in [5.74, 6) is 0.651. The first-order chi connectivity index (χ1) is 11.2. The van der Waals surface area contributed by atoms with E-state index < -0.39 is 0 Å². The highest BCUT2D eigenvalue weighted by molar-refractivity contribution is 5.91. The number of urea groups is 1. The summed E-state index contributed by atoms with van der Waals surface area (Å²) in [6.45, 7) is 3.82. The summed E-state index contributed by atoms with van der Waals surface area (Å²) in [5, 5.41) is 2.89. The van der Waals surface area contributed by atoms with E-state index in [0.717, 1.165) is 5.56 Å². The molecule has 2 rings (SSSR count). The third-order valence-corrected chi connectivity index (χ3v) is 3.23. The van der Waals surface area contributed by atoms with Gasteiger partial charge in [0.2, 0.25) is 0 Å². The SMILES string of the molecule is CCOc1ccccc1NC(=O)N(CCOC)Cc1ccoc1. The molecule has 0 aliphatic carbocycles. The Balaban J connectivity index is 2.07. The zero-order chi connectivity index (χ0) is 16.5. The predicted molar refractivity (Wildman–Crippen MR) is 87.6 cm³/mol. The van der Waals surface area contributed by atoms with Crippen LogP contribution in [0.25, 0.3) is 0 Å². The highest BCUT2D eigenvalue weighted by Gasteiger charge is 2.16. The van der Waals surface area contributed by atoms with Gasteiger partial charge >= 0.3 is 6.03 Å². The Morgan fingerprint density at radius 1 is 1.30 bits per heavy atom. The average molecular weight is 318 g/mol. The summed E-state index contributed by atoms with van der Waals surface area (Å²) in [6.07, 6.45) is 3.22. The summed E-state index contributed by atoms with van der Waals surface area (Å²) in [4.78, 5) is 14.2. The maximum absolute atomic E-state index is 12.6. The fraction of sp³-hybridized carbons (Fsp3) is 0.353. The van der Waals surface area contributed by atoms with E-state index in [1.165, 1.54) is 0 Å². The molecular weight excluding hydrogens is 296 g/mol. The zero-order valence-corrected chi connectivity index (χ0v) is 13.5. The third kappa shape index (κ3) is 5.03. The molecule has 0 bridgehead atoms. The van der Waals surface area contributed by atoms with Crippen LogP contribution in [0, 0.1) is 0 Å². The Labute approximate surface area is 136 Å². The molecule has 0 saturated heterocycles. The van der Waals surface area contributed by atoms with E-state index in [2.05, 4.69) is 5.32 Å². The largest absolute Gasteiger partial charge is 0.492 e. The number of amides is 2. The van der Waals surface area contributed by atoms with Crippen LogP contribution in [0.2, 0.25) is 0 Å². The van der Waals surface area contributed by atoms with E-state index in [4.69, 9.17) is 13.9 Å². The predicted octanol–water partition coefficient (Wildman–Crippen LogP) is 3.36. The monoisotopic (exact) mass is 318 g/mol. The Bertz CT molecular complexity index is 598. The van der Waals surface area contributed by atoms with Gasteiger partial charge in [-0.05, 0) is 25.1 Å². The lowest BCUT2D eigenvalue weighted by atomic mass is 10.3. The van der Waals surface area contributed by atoms with E-state index in [0.29, 0.717) is 37.7 Å². The molecule has 0 radical (unpaired) electrons. The molecule has 1 aromatic carbocycles. The molecule has 1 heterocycles. The number of benzene rings is 1. The van der Waals surface area contributed by atoms with Crippen molar-refractivity contribution in [3.8, 4) is 5.75 Å². The minimum atomic E-state index is -0.213. The number of hydrogen-bond donors (Lipinski definition) is 1. The smallest absolute Gasteiger partial charge is 0.322 e. The van der Waals surface area contributed by atoms with Crippen LogP contribution in [0.1, 0.15) is 12.5 Å². The summed E-state index contributed by atoms with van der Waals surface area (Å²) in [7, 11) is 1.61. The number of rotatable bonds is 8. The normalized spacial score (nSPS) is 10.3. The quantitative estimate of drug-likeness (QED) is 0.810. The number of nitrogens with one attached hydrogen (secondary N) is 1. The van der Waals surface area contributed by atoms with E-state index in [9.17, 15) is 4.79 Å². The maximum Gasteiger partial charge on any atom is 0.322 e. The van der Waals surface area contributed by atoms with Gasteiger partial charge < -0.3 is 24.1 Å². The Hall–Kier alpha value is -2.47. The molecule has 6 heteroatoms. The van der Waals surface area contributed by atoms with Crippen molar-refractivity contribution in [2.75, 3.05) is 32.2 Å². The third-order valence-electron chi connectivity index (χ3n) is 3.23. The molecule has 6 nitrogen and oxygen atoms in total. The first kappa shape index (κ1) is 16.9. The van der Waals surface area contributed by atoms with Crippen LogP contribution < -0.4 is 10.1 Å². The Morgan fingerprint density at radius 3 is 2.83 bits per heavy atom. The van der Waals surface area contributed by atoms with Crippen LogP contribution in [0.5, 0.6) is 5.75 Å². The second kappa shape index (κ2) is 8.85. The summed E-state index contributed by atoms with van der Waals surface area (Å²) < 4.78 is 15.7. The summed E-state index contributed by atoms with van der Waals surface area (Å²) in [6, 6.07) is 8.99. The van der Waals surface area contributed by atoms with Gasteiger partial charge in [0.1, 0.15) is 5.75 Å². The number of methoxy groups -OCH3 is 1. The van der Waals surface area contributed by atoms with Gasteiger partial charge in [0.25, 0.3) is 0 Å². The first-order valence-corrected chi connectivity index (χ1v) is 7.52. The van der Waals surface area contributed by atoms with Gasteiger partial charge in [-0.2, -0.15) is 0 Å². The Kier molecular flexibility index (Phi) is 6.50. The van der Waals surface area contributed by atoms with Crippen LogP contribution in [0.3, 0.4) is 0 Å². The fourth-order valence-corrected chi connectivity index (χ4v) is 2.10. The molecule has 0 saturated carbocycles. The number of anilines is 1. The average Bonchev–Trinajstić information content (AvgIpc) is 3.06. The van der Waals surface area contributed by atoms with E-state index in [1.54, 1.807) is 24.5 Å². The number of nitrogens with zero attached hydrogens (tertiary/aromatic N) is 1. The lowest BCUT2D eigenvalue weighted by molar-refractivity contribution is 0.152. The number of carbonyl (C=O) groups is 1. The molecule has 2 amide bonds. The second-order valence-corrected chi connectivity index (χ2v) is 4.91. The maximum atomic E-state index is 12.6. The number of carbonyl (C=O) groups excluding carboxylic acids is 1. The number of para-hydroxylation sites is 2. The van der Waals surface area contributed by atoms with Crippen LogP contribution in [0.15, 0.2) is 47.3 Å². The summed E-state index contributed by atoms with van der Waals surface area (Å²) >= 11 is 0. The van der Waals surface area contributed by atoms with E-state index in [-0.39, 0.29) is 6.03 Å². The van der Waals surface area contributed by atoms with Gasteiger partial charge in [-0.25, -0.2) is 4.79 Å². The highest BCUT2D eigenvalue weighted by atomic mass is 16.5. The van der Waals surface area contributed by atoms with Crippen LogP contribution in [-0.2, 0) is 11.3 Å². The molecule has 23 heavy (non-hydrogen) atoms. The van der Waals surface area contributed by atoms with Crippen molar-refractivity contribution in [3.63, 3.8) is 0 Å². The van der Waals surface area contributed by atoms with E-state index in [1.807, 2.05) is 37.3 Å². The highest BCUT2D eigenvalue weighted by Crippen LogP contribution is 2.24. The van der Waals surface area contributed by atoms with Crippen molar-refractivity contribution in [1.29, 1.82) is 0 Å². The van der Waals surface area contributed by atoms with Gasteiger partial charge in [0, 0.05) is 19.2 Å². The van der Waals surface area contributed by atoms with Gasteiger partial charge in [0.05, 0.1) is 38.0 Å². The van der Waals surface area contributed by atoms with Crippen molar-refractivity contribution in [3.05, 3.63) is 48.4 Å². The number of ether oxygens (including phenoxy) is 2. The van der Waals surface area contributed by atoms with Crippen molar-refractivity contribution < 1.29 is 18.7 Å².